The number of benzene rings is 1. The highest BCUT2D eigenvalue weighted by Crippen LogP contribution is 1.92. The molecule has 2 rings (SSSR count). The second-order valence-corrected chi connectivity index (χ2v) is 3.75. The van der Waals surface area contributed by atoms with Crippen LogP contribution in [0.4, 0.5) is 0 Å². The molecular formula is C12H18N2O. The second-order valence-electron chi connectivity index (χ2n) is 3.75. The highest BCUT2D eigenvalue weighted by atomic mass is 16.2. The van der Waals surface area contributed by atoms with Gasteiger partial charge in [0.1, 0.15) is 0 Å². The molecular weight excluding hydrogens is 188 g/mol. The Morgan fingerprint density at radius 2 is 1.93 bits per heavy atom. The van der Waals surface area contributed by atoms with E-state index in [2.05, 4.69) is 29.7 Å². The van der Waals surface area contributed by atoms with Gasteiger partial charge in [-0.2, -0.15) is 0 Å². The van der Waals surface area contributed by atoms with Crippen LogP contribution in [-0.4, -0.2) is 25.0 Å². The van der Waals surface area contributed by atoms with Crippen molar-refractivity contribution in [3.63, 3.8) is 0 Å². The maximum Gasteiger partial charge on any atom is 0.234 e. The molecule has 1 heterocycles. The molecule has 1 aliphatic rings. The summed E-state index contributed by atoms with van der Waals surface area (Å²) in [7, 11) is 0. The van der Waals surface area contributed by atoms with Gasteiger partial charge >= 0.3 is 0 Å². The summed E-state index contributed by atoms with van der Waals surface area (Å²) < 4.78 is 0. The number of amides is 1. The normalized spacial score (nSPS) is 19.9. The Morgan fingerprint density at radius 1 is 1.27 bits per heavy atom. The Bertz CT molecular complexity index is 298. The van der Waals surface area contributed by atoms with Crippen LogP contribution in [0.25, 0.3) is 0 Å². The van der Waals surface area contributed by atoms with Crippen molar-refractivity contribution < 1.29 is 4.79 Å². The minimum Gasteiger partial charge on any atom is -0.351 e. The Balaban J connectivity index is 0.000000151. The zero-order valence-electron chi connectivity index (χ0n) is 9.29. The van der Waals surface area contributed by atoms with Crippen molar-refractivity contribution >= 4 is 5.91 Å². The van der Waals surface area contributed by atoms with E-state index in [-0.39, 0.29) is 5.91 Å². The molecule has 1 aromatic carbocycles. The first-order valence-electron chi connectivity index (χ1n) is 5.20. The Morgan fingerprint density at radius 3 is 2.27 bits per heavy atom. The summed E-state index contributed by atoms with van der Waals surface area (Å²) in [6, 6.07) is 10.6. The third-order valence-electron chi connectivity index (χ3n) is 2.08. The van der Waals surface area contributed by atoms with E-state index in [9.17, 15) is 4.79 Å². The summed E-state index contributed by atoms with van der Waals surface area (Å²) in [4.78, 5) is 10.5. The SMILES string of the molecule is CC1CNCC(=O)N1.Cc1ccccc1. The summed E-state index contributed by atoms with van der Waals surface area (Å²) in [6.45, 7) is 5.43. The molecule has 0 aromatic heterocycles. The quantitative estimate of drug-likeness (QED) is 0.667. The van der Waals surface area contributed by atoms with E-state index in [1.54, 1.807) is 0 Å². The van der Waals surface area contributed by atoms with Crippen molar-refractivity contribution in [2.75, 3.05) is 13.1 Å². The van der Waals surface area contributed by atoms with Gasteiger partial charge in [-0.25, -0.2) is 0 Å². The molecule has 1 saturated heterocycles. The predicted molar refractivity (Wildman–Crippen MR) is 61.7 cm³/mol. The van der Waals surface area contributed by atoms with Gasteiger partial charge in [-0.1, -0.05) is 35.9 Å². The summed E-state index contributed by atoms with van der Waals surface area (Å²) in [6.07, 6.45) is 0. The van der Waals surface area contributed by atoms with E-state index < -0.39 is 0 Å². The van der Waals surface area contributed by atoms with E-state index in [1.165, 1.54) is 5.56 Å². The Hall–Kier alpha value is -1.35. The number of hydrogen-bond donors (Lipinski definition) is 2. The highest BCUT2D eigenvalue weighted by molar-refractivity contribution is 5.79. The van der Waals surface area contributed by atoms with Gasteiger partial charge in [0.05, 0.1) is 6.54 Å². The lowest BCUT2D eigenvalue weighted by Gasteiger charge is -2.19. The molecule has 1 aliphatic heterocycles. The number of rotatable bonds is 0. The molecule has 1 atom stereocenters. The van der Waals surface area contributed by atoms with Crippen LogP contribution in [0.15, 0.2) is 30.3 Å². The molecule has 0 radical (unpaired) electrons. The lowest BCUT2D eigenvalue weighted by Crippen LogP contribution is -2.50. The van der Waals surface area contributed by atoms with E-state index in [4.69, 9.17) is 0 Å². The van der Waals surface area contributed by atoms with Crippen LogP contribution in [0.3, 0.4) is 0 Å². The molecule has 1 fully saturated rings. The number of nitrogens with one attached hydrogen (secondary N) is 2. The molecule has 0 saturated carbocycles. The number of hydrogen-bond acceptors (Lipinski definition) is 2. The fourth-order valence-corrected chi connectivity index (χ4v) is 1.31. The molecule has 1 aromatic rings. The Kier molecular flexibility index (Phi) is 4.84. The van der Waals surface area contributed by atoms with Crippen molar-refractivity contribution in [3.8, 4) is 0 Å². The molecule has 0 bridgehead atoms. The first kappa shape index (κ1) is 11.7. The van der Waals surface area contributed by atoms with Crippen LogP contribution in [0.1, 0.15) is 12.5 Å². The standard InChI is InChI=1S/C7H8.C5H10N2O/c1-7-5-3-2-4-6-7;1-4-2-6-3-5(8)7-4/h2-6H,1H3;4,6H,2-3H2,1H3,(H,7,8). The Labute approximate surface area is 90.9 Å². The monoisotopic (exact) mass is 206 g/mol. The lowest BCUT2D eigenvalue weighted by molar-refractivity contribution is -0.121. The van der Waals surface area contributed by atoms with Crippen LogP contribution in [0.5, 0.6) is 0 Å². The van der Waals surface area contributed by atoms with Gasteiger partial charge < -0.3 is 10.6 Å². The molecule has 1 amide bonds. The zero-order valence-corrected chi connectivity index (χ0v) is 9.29. The molecule has 0 aliphatic carbocycles. The number of piperazine rings is 1. The summed E-state index contributed by atoms with van der Waals surface area (Å²) in [5, 5.41) is 5.75. The van der Waals surface area contributed by atoms with Gasteiger partial charge in [-0.15, -0.1) is 0 Å². The minimum atomic E-state index is 0.101. The fourth-order valence-electron chi connectivity index (χ4n) is 1.31. The minimum absolute atomic E-state index is 0.101. The van der Waals surface area contributed by atoms with Gasteiger partial charge in [0.15, 0.2) is 0 Å². The highest BCUT2D eigenvalue weighted by Gasteiger charge is 2.11. The number of aryl methyl sites for hydroxylation is 1. The molecule has 0 spiro atoms. The van der Waals surface area contributed by atoms with E-state index in [0.29, 0.717) is 12.6 Å². The smallest absolute Gasteiger partial charge is 0.234 e. The first-order chi connectivity index (χ1) is 7.18. The van der Waals surface area contributed by atoms with Gasteiger partial charge in [0, 0.05) is 12.6 Å². The van der Waals surface area contributed by atoms with Crippen molar-refractivity contribution in [3.05, 3.63) is 35.9 Å². The first-order valence-corrected chi connectivity index (χ1v) is 5.20. The molecule has 2 N–H and O–H groups in total. The molecule has 82 valence electrons. The van der Waals surface area contributed by atoms with E-state index >= 15 is 0 Å². The fraction of sp³-hybridized carbons (Fsp3) is 0.417. The van der Waals surface area contributed by atoms with Crippen molar-refractivity contribution in [1.82, 2.24) is 10.6 Å². The molecule has 3 nitrogen and oxygen atoms in total. The van der Waals surface area contributed by atoms with Gasteiger partial charge in [-0.3, -0.25) is 4.79 Å². The van der Waals surface area contributed by atoms with Crippen molar-refractivity contribution in [1.29, 1.82) is 0 Å². The average Bonchev–Trinajstić information content (AvgIpc) is 2.19. The van der Waals surface area contributed by atoms with E-state index in [1.807, 2.05) is 25.1 Å². The lowest BCUT2D eigenvalue weighted by atomic mass is 10.2. The number of carbonyl (C=O) groups is 1. The number of carbonyl (C=O) groups excluding carboxylic acids is 1. The molecule has 15 heavy (non-hydrogen) atoms. The topological polar surface area (TPSA) is 41.1 Å². The molecule has 3 heteroatoms. The summed E-state index contributed by atoms with van der Waals surface area (Å²) in [5.74, 6) is 0.101. The van der Waals surface area contributed by atoms with Crippen LogP contribution < -0.4 is 10.6 Å². The van der Waals surface area contributed by atoms with Crippen LogP contribution >= 0.6 is 0 Å². The average molecular weight is 206 g/mol. The van der Waals surface area contributed by atoms with E-state index in [0.717, 1.165) is 6.54 Å². The predicted octanol–water partition coefficient (Wildman–Crippen LogP) is 1.09. The zero-order chi connectivity index (χ0) is 11.1. The van der Waals surface area contributed by atoms with Gasteiger partial charge in [-0.05, 0) is 13.8 Å². The van der Waals surface area contributed by atoms with Gasteiger partial charge in [0.25, 0.3) is 0 Å². The third kappa shape index (κ3) is 5.18. The van der Waals surface area contributed by atoms with Crippen LogP contribution in [0.2, 0.25) is 0 Å². The van der Waals surface area contributed by atoms with Gasteiger partial charge in [0.2, 0.25) is 5.91 Å². The van der Waals surface area contributed by atoms with Crippen molar-refractivity contribution in [2.45, 2.75) is 19.9 Å². The summed E-state index contributed by atoms with van der Waals surface area (Å²) >= 11 is 0. The largest absolute Gasteiger partial charge is 0.351 e. The molecule has 1 unspecified atom stereocenters. The summed E-state index contributed by atoms with van der Waals surface area (Å²) in [5.41, 5.74) is 1.32. The maximum absolute atomic E-state index is 10.5. The third-order valence-corrected chi connectivity index (χ3v) is 2.08. The van der Waals surface area contributed by atoms with Crippen molar-refractivity contribution in [2.24, 2.45) is 0 Å². The van der Waals surface area contributed by atoms with Crippen LogP contribution in [0, 0.1) is 6.92 Å². The van der Waals surface area contributed by atoms with Crippen LogP contribution in [-0.2, 0) is 4.79 Å². The maximum atomic E-state index is 10.5. The second kappa shape index (κ2) is 6.19.